The molecule has 0 aromatic carbocycles. The van der Waals surface area contributed by atoms with Crippen LogP contribution < -0.4 is 0 Å². The minimum absolute atomic E-state index is 0.690. The highest BCUT2D eigenvalue weighted by molar-refractivity contribution is 5.77. The summed E-state index contributed by atoms with van der Waals surface area (Å²) in [5, 5.41) is 6.94. The highest BCUT2D eigenvalue weighted by Crippen LogP contribution is 2.10. The van der Waals surface area contributed by atoms with Crippen molar-refractivity contribution in [3.8, 4) is 0 Å². The van der Waals surface area contributed by atoms with Gasteiger partial charge in [0.15, 0.2) is 17.6 Å². The van der Waals surface area contributed by atoms with Gasteiger partial charge < -0.3 is 4.42 Å². The third-order valence-corrected chi connectivity index (χ3v) is 1.35. The van der Waals surface area contributed by atoms with E-state index < -0.39 is 0 Å². The molecule has 0 amide bonds. The molecule has 10 heavy (non-hydrogen) atoms. The van der Waals surface area contributed by atoms with Gasteiger partial charge in [-0.2, -0.15) is 4.98 Å². The van der Waals surface area contributed by atoms with Crippen LogP contribution in [0.15, 0.2) is 23.1 Å². The second-order valence-corrected chi connectivity index (χ2v) is 1.89. The summed E-state index contributed by atoms with van der Waals surface area (Å²) in [4.78, 5) is 3.89. The molecule has 0 bridgehead atoms. The van der Waals surface area contributed by atoms with Crippen LogP contribution in [0.3, 0.4) is 0 Å². The summed E-state index contributed by atoms with van der Waals surface area (Å²) in [7, 11) is 0. The molecule has 0 atom stereocenters. The Morgan fingerprint density at radius 3 is 3.40 bits per heavy atom. The molecular formula is C6H5N3O. The Morgan fingerprint density at radius 2 is 2.60 bits per heavy atom. The van der Waals surface area contributed by atoms with Crippen LogP contribution in [-0.2, 0) is 0 Å². The maximum Gasteiger partial charge on any atom is 0.184 e. The van der Waals surface area contributed by atoms with E-state index in [1.165, 1.54) is 12.7 Å². The number of fused-ring (bicyclic) bond motifs is 1. The van der Waals surface area contributed by atoms with Gasteiger partial charge in [0.2, 0.25) is 0 Å². The lowest BCUT2D eigenvalue weighted by Gasteiger charge is -1.84. The molecule has 4 heteroatoms. The third-order valence-electron chi connectivity index (χ3n) is 1.35. The van der Waals surface area contributed by atoms with E-state index in [0.29, 0.717) is 11.2 Å². The maximum absolute atomic E-state index is 6.94. The van der Waals surface area contributed by atoms with Crippen LogP contribution in [0.4, 0.5) is 0 Å². The van der Waals surface area contributed by atoms with Gasteiger partial charge in [-0.05, 0) is 0 Å². The summed E-state index contributed by atoms with van der Waals surface area (Å²) < 4.78 is 6.55. The topological polar surface area (TPSA) is 54.8 Å². The van der Waals surface area contributed by atoms with Gasteiger partial charge >= 0.3 is 0 Å². The molecule has 2 heterocycles. The summed E-state index contributed by atoms with van der Waals surface area (Å²) in [5.74, 6) is 0. The van der Waals surface area contributed by atoms with Crippen molar-refractivity contribution in [3.63, 3.8) is 0 Å². The molecule has 1 N–H and O–H groups in total. The zero-order valence-corrected chi connectivity index (χ0v) is 5.11. The van der Waals surface area contributed by atoms with Crippen molar-refractivity contribution >= 4 is 17.6 Å². The van der Waals surface area contributed by atoms with E-state index in [-0.39, 0.29) is 0 Å². The van der Waals surface area contributed by atoms with Gasteiger partial charge in [0, 0.05) is 12.3 Å². The summed E-state index contributed by atoms with van der Waals surface area (Å²) >= 11 is 0. The SMILES string of the molecule is N=Cn1ccc2ocnc21. The number of nitrogens with one attached hydrogen (secondary N) is 1. The van der Waals surface area contributed by atoms with E-state index in [1.54, 1.807) is 16.8 Å². The van der Waals surface area contributed by atoms with Gasteiger partial charge in [-0.25, -0.2) is 0 Å². The molecule has 4 nitrogen and oxygen atoms in total. The first-order valence-corrected chi connectivity index (χ1v) is 2.82. The lowest BCUT2D eigenvalue weighted by Crippen LogP contribution is -1.89. The van der Waals surface area contributed by atoms with E-state index in [9.17, 15) is 0 Å². The quantitative estimate of drug-likeness (QED) is 0.470. The van der Waals surface area contributed by atoms with Gasteiger partial charge in [-0.1, -0.05) is 0 Å². The van der Waals surface area contributed by atoms with Crippen molar-refractivity contribution in [3.05, 3.63) is 18.7 Å². The van der Waals surface area contributed by atoms with Crippen molar-refractivity contribution in [2.24, 2.45) is 0 Å². The van der Waals surface area contributed by atoms with Crippen LogP contribution in [0.25, 0.3) is 11.2 Å². The molecule has 0 spiro atoms. The fraction of sp³-hybridized carbons (Fsp3) is 0. The van der Waals surface area contributed by atoms with Gasteiger partial charge in [0.05, 0.1) is 6.34 Å². The largest absolute Gasteiger partial charge is 0.442 e. The average molecular weight is 135 g/mol. The molecular weight excluding hydrogens is 130 g/mol. The smallest absolute Gasteiger partial charge is 0.184 e. The van der Waals surface area contributed by atoms with E-state index in [1.807, 2.05) is 0 Å². The summed E-state index contributed by atoms with van der Waals surface area (Å²) in [6.45, 7) is 0. The van der Waals surface area contributed by atoms with Crippen LogP contribution in [0.1, 0.15) is 0 Å². The Morgan fingerprint density at radius 1 is 1.70 bits per heavy atom. The van der Waals surface area contributed by atoms with E-state index in [4.69, 9.17) is 9.83 Å². The monoisotopic (exact) mass is 135 g/mol. The van der Waals surface area contributed by atoms with E-state index >= 15 is 0 Å². The molecule has 0 radical (unpaired) electrons. The molecule has 0 saturated heterocycles. The molecule has 0 aliphatic heterocycles. The van der Waals surface area contributed by atoms with Gasteiger partial charge in [-0.15, -0.1) is 0 Å². The third kappa shape index (κ3) is 0.500. The summed E-state index contributed by atoms with van der Waals surface area (Å²) in [6, 6.07) is 1.77. The van der Waals surface area contributed by atoms with Gasteiger partial charge in [0.1, 0.15) is 0 Å². The number of rotatable bonds is 1. The Hall–Kier alpha value is -1.58. The summed E-state index contributed by atoms with van der Waals surface area (Å²) in [6.07, 6.45) is 4.28. The summed E-state index contributed by atoms with van der Waals surface area (Å²) in [5.41, 5.74) is 1.40. The first kappa shape index (κ1) is 5.22. The van der Waals surface area contributed by atoms with Crippen LogP contribution in [-0.4, -0.2) is 15.9 Å². The zero-order chi connectivity index (χ0) is 6.97. The molecule has 0 saturated carbocycles. The van der Waals surface area contributed by atoms with Gasteiger partial charge in [-0.3, -0.25) is 9.98 Å². The minimum Gasteiger partial charge on any atom is -0.442 e. The van der Waals surface area contributed by atoms with Crippen LogP contribution in [0, 0.1) is 5.41 Å². The predicted octanol–water partition coefficient (Wildman–Crippen LogP) is 1.08. The Balaban J connectivity index is 2.88. The second-order valence-electron chi connectivity index (χ2n) is 1.89. The van der Waals surface area contributed by atoms with E-state index in [2.05, 4.69) is 4.98 Å². The van der Waals surface area contributed by atoms with Crippen molar-refractivity contribution in [2.75, 3.05) is 0 Å². The molecule has 50 valence electrons. The highest BCUT2D eigenvalue weighted by Gasteiger charge is 2.00. The van der Waals surface area contributed by atoms with Crippen LogP contribution in [0.2, 0.25) is 0 Å². The van der Waals surface area contributed by atoms with Crippen molar-refractivity contribution < 1.29 is 4.42 Å². The fourth-order valence-electron chi connectivity index (χ4n) is 0.880. The second kappa shape index (κ2) is 1.70. The fourth-order valence-corrected chi connectivity index (χ4v) is 0.880. The maximum atomic E-state index is 6.94. The number of oxazole rings is 1. The standard InChI is InChI=1S/C6H5N3O/c7-3-9-2-1-5-6(9)8-4-10-5/h1-4,7H. The number of hydrogen-bond acceptors (Lipinski definition) is 3. The molecule has 0 aliphatic rings. The van der Waals surface area contributed by atoms with Crippen LogP contribution >= 0.6 is 0 Å². The average Bonchev–Trinajstić information content (AvgIpc) is 2.44. The van der Waals surface area contributed by atoms with Crippen molar-refractivity contribution in [2.45, 2.75) is 0 Å². The lowest BCUT2D eigenvalue weighted by atomic mass is 10.6. The highest BCUT2D eigenvalue weighted by atomic mass is 16.3. The van der Waals surface area contributed by atoms with Crippen molar-refractivity contribution in [1.82, 2.24) is 9.55 Å². The molecule has 0 fully saturated rings. The number of nitrogens with zero attached hydrogens (tertiary/aromatic N) is 2. The molecule has 2 aromatic rings. The van der Waals surface area contributed by atoms with Gasteiger partial charge in [0.25, 0.3) is 0 Å². The Labute approximate surface area is 56.6 Å². The zero-order valence-electron chi connectivity index (χ0n) is 5.11. The molecule has 2 aromatic heterocycles. The first-order chi connectivity index (χ1) is 4.92. The van der Waals surface area contributed by atoms with Crippen molar-refractivity contribution in [1.29, 1.82) is 5.41 Å². The van der Waals surface area contributed by atoms with E-state index in [0.717, 1.165) is 0 Å². The Bertz CT molecular complexity index is 360. The predicted molar refractivity (Wildman–Crippen MR) is 36.2 cm³/mol. The number of aromatic nitrogens is 2. The first-order valence-electron chi connectivity index (χ1n) is 2.82. The lowest BCUT2D eigenvalue weighted by molar-refractivity contribution is 0.602. The Kier molecular flexibility index (Phi) is 0.887. The normalized spacial score (nSPS) is 10.4. The molecule has 0 unspecified atom stereocenters. The minimum atomic E-state index is 0.690. The number of hydrogen-bond donors (Lipinski definition) is 1. The molecule has 2 rings (SSSR count). The van der Waals surface area contributed by atoms with Crippen LogP contribution in [0.5, 0.6) is 0 Å². The molecule has 0 aliphatic carbocycles.